The molecule has 0 fully saturated rings. The summed E-state index contributed by atoms with van der Waals surface area (Å²) in [7, 11) is 0. The summed E-state index contributed by atoms with van der Waals surface area (Å²) in [6.07, 6.45) is 1.77. The highest BCUT2D eigenvalue weighted by atomic mass is 16.5. The SMILES string of the molecule is Cc1c[nH]c(=O)n1-c1ccc(C(=O)Nc2ccc(OCCC(N)=O)cc2)cc1. The van der Waals surface area contributed by atoms with E-state index in [2.05, 4.69) is 10.3 Å². The monoisotopic (exact) mass is 380 g/mol. The molecule has 0 radical (unpaired) electrons. The maximum atomic E-state index is 12.4. The van der Waals surface area contributed by atoms with Gasteiger partial charge in [-0.15, -0.1) is 0 Å². The number of primary amides is 1. The zero-order chi connectivity index (χ0) is 20.1. The van der Waals surface area contributed by atoms with Crippen LogP contribution in [0.1, 0.15) is 22.5 Å². The Kier molecular flexibility index (Phi) is 5.59. The first kappa shape index (κ1) is 19.0. The number of benzene rings is 2. The summed E-state index contributed by atoms with van der Waals surface area (Å²) in [5, 5.41) is 2.79. The van der Waals surface area contributed by atoms with Gasteiger partial charge in [-0.25, -0.2) is 4.79 Å². The van der Waals surface area contributed by atoms with E-state index in [1.54, 1.807) is 54.7 Å². The summed E-state index contributed by atoms with van der Waals surface area (Å²) in [4.78, 5) is 37.6. The molecular weight excluding hydrogens is 360 g/mol. The molecular formula is C20H20N4O4. The number of nitrogens with zero attached hydrogens (tertiary/aromatic N) is 1. The van der Waals surface area contributed by atoms with Gasteiger partial charge in [-0.2, -0.15) is 0 Å². The number of aromatic amines is 1. The van der Waals surface area contributed by atoms with Crippen LogP contribution >= 0.6 is 0 Å². The maximum Gasteiger partial charge on any atom is 0.330 e. The van der Waals surface area contributed by atoms with E-state index in [0.29, 0.717) is 22.7 Å². The van der Waals surface area contributed by atoms with Crippen LogP contribution in [0.3, 0.4) is 0 Å². The second-order valence-electron chi connectivity index (χ2n) is 6.16. The summed E-state index contributed by atoms with van der Waals surface area (Å²) >= 11 is 0. The van der Waals surface area contributed by atoms with E-state index in [1.165, 1.54) is 4.57 Å². The van der Waals surface area contributed by atoms with Crippen molar-refractivity contribution in [1.82, 2.24) is 9.55 Å². The van der Waals surface area contributed by atoms with Crippen molar-refractivity contribution >= 4 is 17.5 Å². The molecule has 3 aromatic rings. The molecule has 2 amide bonds. The highest BCUT2D eigenvalue weighted by Gasteiger charge is 2.09. The minimum absolute atomic E-state index is 0.142. The average Bonchev–Trinajstić information content (AvgIpc) is 3.01. The van der Waals surface area contributed by atoms with Gasteiger partial charge < -0.3 is 20.8 Å². The highest BCUT2D eigenvalue weighted by Crippen LogP contribution is 2.17. The van der Waals surface area contributed by atoms with Gasteiger partial charge in [-0.3, -0.25) is 14.2 Å². The number of nitrogens with one attached hydrogen (secondary N) is 2. The largest absolute Gasteiger partial charge is 0.493 e. The number of imidazole rings is 1. The quantitative estimate of drug-likeness (QED) is 0.580. The Morgan fingerprint density at radius 2 is 1.79 bits per heavy atom. The van der Waals surface area contributed by atoms with Crippen LogP contribution in [0.4, 0.5) is 5.69 Å². The molecule has 3 rings (SSSR count). The lowest BCUT2D eigenvalue weighted by molar-refractivity contribution is -0.118. The average molecular weight is 380 g/mol. The zero-order valence-corrected chi connectivity index (χ0v) is 15.3. The van der Waals surface area contributed by atoms with Crippen molar-refractivity contribution in [3.05, 3.63) is 76.5 Å². The van der Waals surface area contributed by atoms with E-state index in [4.69, 9.17) is 10.5 Å². The second kappa shape index (κ2) is 8.26. The van der Waals surface area contributed by atoms with Gasteiger partial charge in [0.15, 0.2) is 0 Å². The number of nitrogens with two attached hydrogens (primary N) is 1. The van der Waals surface area contributed by atoms with Crippen LogP contribution in [0.15, 0.2) is 59.5 Å². The van der Waals surface area contributed by atoms with Gasteiger partial charge in [0.2, 0.25) is 5.91 Å². The fourth-order valence-corrected chi connectivity index (χ4v) is 2.65. The van der Waals surface area contributed by atoms with Gasteiger partial charge in [0.1, 0.15) is 5.75 Å². The topological polar surface area (TPSA) is 119 Å². The normalized spacial score (nSPS) is 10.5. The lowest BCUT2D eigenvalue weighted by Gasteiger charge is -2.09. The molecule has 0 unspecified atom stereocenters. The van der Waals surface area contributed by atoms with E-state index in [-0.39, 0.29) is 24.6 Å². The second-order valence-corrected chi connectivity index (χ2v) is 6.16. The zero-order valence-electron chi connectivity index (χ0n) is 15.3. The summed E-state index contributed by atoms with van der Waals surface area (Å²) < 4.78 is 6.91. The standard InChI is InChI=1S/C20H20N4O4/c1-13-12-22-20(27)24(13)16-6-2-14(3-7-16)19(26)23-15-4-8-17(9-5-15)28-11-10-18(21)25/h2-9,12H,10-11H2,1H3,(H2,21,25)(H,22,27)(H,23,26). The van der Waals surface area contributed by atoms with E-state index in [9.17, 15) is 14.4 Å². The van der Waals surface area contributed by atoms with Crippen molar-refractivity contribution in [2.45, 2.75) is 13.3 Å². The van der Waals surface area contributed by atoms with Crippen LogP contribution < -0.4 is 21.5 Å². The molecule has 2 aromatic carbocycles. The van der Waals surface area contributed by atoms with Crippen molar-refractivity contribution in [1.29, 1.82) is 0 Å². The summed E-state index contributed by atoms with van der Waals surface area (Å²) in [6, 6.07) is 13.5. The first-order chi connectivity index (χ1) is 13.4. The Morgan fingerprint density at radius 3 is 2.36 bits per heavy atom. The van der Waals surface area contributed by atoms with Gasteiger partial charge in [0.05, 0.1) is 18.7 Å². The first-order valence-electron chi connectivity index (χ1n) is 8.64. The number of hydrogen-bond donors (Lipinski definition) is 3. The molecule has 144 valence electrons. The van der Waals surface area contributed by atoms with Crippen molar-refractivity contribution in [2.24, 2.45) is 5.73 Å². The van der Waals surface area contributed by atoms with E-state index >= 15 is 0 Å². The van der Waals surface area contributed by atoms with Crippen LogP contribution in [0.25, 0.3) is 5.69 Å². The predicted octanol–water partition coefficient (Wildman–Crippen LogP) is 1.98. The minimum atomic E-state index is -0.425. The lowest BCUT2D eigenvalue weighted by atomic mass is 10.2. The smallest absolute Gasteiger partial charge is 0.330 e. The molecule has 0 saturated heterocycles. The van der Waals surface area contributed by atoms with Crippen LogP contribution in [-0.4, -0.2) is 28.0 Å². The first-order valence-corrected chi connectivity index (χ1v) is 8.64. The van der Waals surface area contributed by atoms with Crippen molar-refractivity contribution in [2.75, 3.05) is 11.9 Å². The maximum absolute atomic E-state index is 12.4. The number of anilines is 1. The van der Waals surface area contributed by atoms with Gasteiger partial charge in [0.25, 0.3) is 5.91 Å². The third-order valence-electron chi connectivity index (χ3n) is 4.08. The molecule has 0 aliphatic carbocycles. The van der Waals surface area contributed by atoms with Gasteiger partial charge in [-0.1, -0.05) is 0 Å². The molecule has 28 heavy (non-hydrogen) atoms. The Labute approximate surface area is 160 Å². The third-order valence-corrected chi connectivity index (χ3v) is 4.08. The van der Waals surface area contributed by atoms with Gasteiger partial charge in [0, 0.05) is 23.1 Å². The molecule has 0 aliphatic rings. The number of amides is 2. The molecule has 1 heterocycles. The van der Waals surface area contributed by atoms with E-state index < -0.39 is 5.91 Å². The number of carbonyl (C=O) groups excluding carboxylic acids is 2. The van der Waals surface area contributed by atoms with Crippen molar-refractivity contribution in [3.8, 4) is 11.4 Å². The summed E-state index contributed by atoms with van der Waals surface area (Å²) in [5.74, 6) is -0.116. The Balaban J connectivity index is 1.63. The molecule has 8 nitrogen and oxygen atoms in total. The fraction of sp³-hybridized carbons (Fsp3) is 0.150. The van der Waals surface area contributed by atoms with E-state index in [0.717, 1.165) is 5.69 Å². The van der Waals surface area contributed by atoms with Crippen LogP contribution in [0.5, 0.6) is 5.75 Å². The minimum Gasteiger partial charge on any atom is -0.493 e. The summed E-state index contributed by atoms with van der Waals surface area (Å²) in [6.45, 7) is 2.02. The summed E-state index contributed by atoms with van der Waals surface area (Å²) in [5.41, 5.74) is 7.36. The Hall–Kier alpha value is -3.81. The fourth-order valence-electron chi connectivity index (χ4n) is 2.65. The van der Waals surface area contributed by atoms with E-state index in [1.807, 2.05) is 6.92 Å². The van der Waals surface area contributed by atoms with Crippen LogP contribution in [0, 0.1) is 6.92 Å². The number of hydrogen-bond acceptors (Lipinski definition) is 4. The number of rotatable bonds is 7. The number of aryl methyl sites for hydroxylation is 1. The molecule has 0 atom stereocenters. The van der Waals surface area contributed by atoms with Crippen LogP contribution in [0.2, 0.25) is 0 Å². The Bertz CT molecular complexity index is 1030. The van der Waals surface area contributed by atoms with Crippen molar-refractivity contribution < 1.29 is 14.3 Å². The molecule has 8 heteroatoms. The number of H-pyrrole nitrogens is 1. The number of carbonyl (C=O) groups is 2. The van der Waals surface area contributed by atoms with Gasteiger partial charge in [-0.05, 0) is 55.5 Å². The predicted molar refractivity (Wildman–Crippen MR) is 105 cm³/mol. The molecule has 0 bridgehead atoms. The van der Waals surface area contributed by atoms with Crippen molar-refractivity contribution in [3.63, 3.8) is 0 Å². The van der Waals surface area contributed by atoms with Crippen LogP contribution in [-0.2, 0) is 4.79 Å². The molecule has 4 N–H and O–H groups in total. The van der Waals surface area contributed by atoms with Gasteiger partial charge >= 0.3 is 5.69 Å². The highest BCUT2D eigenvalue weighted by molar-refractivity contribution is 6.04. The third kappa shape index (κ3) is 4.47. The molecule has 0 spiro atoms. The Morgan fingerprint density at radius 1 is 1.11 bits per heavy atom. The number of ether oxygens (including phenoxy) is 1. The number of aromatic nitrogens is 2. The molecule has 0 aliphatic heterocycles. The molecule has 1 aromatic heterocycles. The molecule has 0 saturated carbocycles. The lowest BCUT2D eigenvalue weighted by Crippen LogP contribution is -2.16.